The smallest absolute Gasteiger partial charge is 0.231 e. The van der Waals surface area contributed by atoms with Gasteiger partial charge in [0.1, 0.15) is 17.2 Å². The van der Waals surface area contributed by atoms with Crippen molar-refractivity contribution in [2.24, 2.45) is 0 Å². The summed E-state index contributed by atoms with van der Waals surface area (Å²) in [5.74, 6) is 1.66. The summed E-state index contributed by atoms with van der Waals surface area (Å²) in [4.78, 5) is 3.45. The van der Waals surface area contributed by atoms with Gasteiger partial charge in [-0.05, 0) is 55.0 Å². The summed E-state index contributed by atoms with van der Waals surface area (Å²) in [6.07, 6.45) is 3.61. The van der Waals surface area contributed by atoms with Crippen LogP contribution in [0.2, 0.25) is 0 Å². The van der Waals surface area contributed by atoms with Crippen LogP contribution in [0.4, 0.5) is 5.69 Å². The molecule has 0 bridgehead atoms. The lowest BCUT2D eigenvalue weighted by molar-refractivity contribution is 0.400. The Morgan fingerprint density at radius 3 is 2.17 bits per heavy atom. The Hall–Kier alpha value is -2.67. The van der Waals surface area contributed by atoms with Crippen LogP contribution in [-0.4, -0.2) is 19.3 Å². The number of nitrogens with zero attached hydrogens (tertiary/aromatic N) is 1. The van der Waals surface area contributed by atoms with Gasteiger partial charge < -0.3 is 14.6 Å². The van der Waals surface area contributed by atoms with Crippen LogP contribution in [0.3, 0.4) is 0 Å². The highest BCUT2D eigenvalue weighted by Gasteiger charge is 2.11. The Kier molecular flexibility index (Phi) is 7.64. The van der Waals surface area contributed by atoms with Gasteiger partial charge in [-0.2, -0.15) is 0 Å². The Bertz CT molecular complexity index is 705. The Morgan fingerprint density at radius 2 is 1.58 bits per heavy atom. The van der Waals surface area contributed by atoms with Crippen molar-refractivity contribution in [2.75, 3.05) is 14.2 Å². The van der Waals surface area contributed by atoms with Crippen molar-refractivity contribution in [3.63, 3.8) is 0 Å². The largest absolute Gasteiger partial charge is 0.508 e. The fraction of sp³-hybridized carbons (Fsp3) is 0.350. The molecule has 2 rings (SSSR count). The minimum atomic E-state index is 0. The molecule has 0 spiro atoms. The lowest BCUT2D eigenvalue weighted by Crippen LogP contribution is -1.96. The van der Waals surface area contributed by atoms with Gasteiger partial charge in [0.25, 0.3) is 0 Å². The molecule has 0 aromatic heterocycles. The van der Waals surface area contributed by atoms with Crippen molar-refractivity contribution >= 4 is 5.69 Å². The Balaban J connectivity index is 0.00000288. The molecular formula is C20H25NO3. The number of aromatic hydroxyl groups is 1. The molecule has 2 aromatic rings. The second-order valence-electron chi connectivity index (χ2n) is 5.28. The van der Waals surface area contributed by atoms with Crippen LogP contribution in [0, 0.1) is 6.57 Å². The zero-order chi connectivity index (χ0) is 16.7. The first-order valence-corrected chi connectivity index (χ1v) is 7.58. The molecule has 0 unspecified atom stereocenters. The molecule has 0 radical (unpaired) electrons. The first kappa shape index (κ1) is 19.4. The molecule has 4 nitrogen and oxygen atoms in total. The van der Waals surface area contributed by atoms with Gasteiger partial charge >= 0.3 is 0 Å². The van der Waals surface area contributed by atoms with Gasteiger partial charge in [0, 0.05) is 0 Å². The molecule has 0 saturated heterocycles. The fourth-order valence-electron chi connectivity index (χ4n) is 2.58. The maximum atomic E-state index is 9.77. The summed E-state index contributed by atoms with van der Waals surface area (Å²) in [6.45, 7) is 7.18. The maximum absolute atomic E-state index is 9.77. The zero-order valence-electron chi connectivity index (χ0n) is 13.5. The van der Waals surface area contributed by atoms with Crippen molar-refractivity contribution in [3.8, 4) is 17.2 Å². The average molecular weight is 327 g/mol. The number of hydrogen-bond donors (Lipinski definition) is 1. The third-order valence-electron chi connectivity index (χ3n) is 3.84. The van der Waals surface area contributed by atoms with Crippen molar-refractivity contribution < 1.29 is 14.6 Å². The molecule has 0 fully saturated rings. The summed E-state index contributed by atoms with van der Waals surface area (Å²) in [6, 6.07) is 11.0. The van der Waals surface area contributed by atoms with E-state index < -0.39 is 0 Å². The highest BCUT2D eigenvalue weighted by molar-refractivity contribution is 5.63. The highest BCUT2D eigenvalue weighted by atomic mass is 16.5. The summed E-state index contributed by atoms with van der Waals surface area (Å²) in [5, 5.41) is 9.77. The summed E-state index contributed by atoms with van der Waals surface area (Å²) in [7, 11) is 3.18. The van der Waals surface area contributed by atoms with E-state index in [0.717, 1.165) is 42.6 Å². The van der Waals surface area contributed by atoms with Gasteiger partial charge in [0.15, 0.2) is 0 Å². The number of benzene rings is 2. The van der Waals surface area contributed by atoms with Gasteiger partial charge in [0.2, 0.25) is 5.69 Å². The van der Waals surface area contributed by atoms with Crippen LogP contribution < -0.4 is 9.47 Å². The number of rotatable bonds is 7. The second kappa shape index (κ2) is 9.46. The van der Waals surface area contributed by atoms with E-state index in [1.807, 2.05) is 24.3 Å². The minimum absolute atomic E-state index is 0. The molecule has 0 aliphatic carbocycles. The number of aryl methyl sites for hydroxylation is 2. The minimum Gasteiger partial charge on any atom is -0.508 e. The van der Waals surface area contributed by atoms with Gasteiger partial charge in [-0.15, -0.1) is 0 Å². The number of methoxy groups -OCH3 is 2. The van der Waals surface area contributed by atoms with Crippen LogP contribution in [0.15, 0.2) is 36.4 Å². The molecule has 0 aliphatic heterocycles. The van der Waals surface area contributed by atoms with Crippen molar-refractivity contribution in [1.29, 1.82) is 0 Å². The van der Waals surface area contributed by atoms with Gasteiger partial charge in [0.05, 0.1) is 20.8 Å². The molecule has 0 aliphatic rings. The SMILES string of the molecule is C.[C-]#[N+]c1cc(OC)c(CCCCc2ccccc2O)cc1OC. The van der Waals surface area contributed by atoms with E-state index in [1.165, 1.54) is 0 Å². The van der Waals surface area contributed by atoms with Crippen LogP contribution >= 0.6 is 0 Å². The number of unbranched alkanes of at least 4 members (excludes halogenated alkanes) is 1. The predicted octanol–water partition coefficient (Wildman–Crippen LogP) is 5.16. The number of ether oxygens (including phenoxy) is 2. The molecule has 2 aromatic carbocycles. The zero-order valence-corrected chi connectivity index (χ0v) is 13.5. The van der Waals surface area contributed by atoms with E-state index in [2.05, 4.69) is 4.85 Å². The molecule has 4 heteroatoms. The average Bonchev–Trinajstić information content (AvgIpc) is 2.59. The summed E-state index contributed by atoms with van der Waals surface area (Å²) >= 11 is 0. The first-order valence-electron chi connectivity index (χ1n) is 7.58. The van der Waals surface area contributed by atoms with Gasteiger partial charge in [-0.25, -0.2) is 4.85 Å². The van der Waals surface area contributed by atoms with E-state index in [0.29, 0.717) is 17.2 Å². The standard InChI is InChI=1S/C19H21NO3.CH4/c1-20-16-13-18(22-2)15(12-19(16)23-3)10-5-4-8-14-9-6-7-11-17(14)21;/h6-7,9,11-13,21H,4-5,8,10H2,2-3H3;1H4. The molecule has 24 heavy (non-hydrogen) atoms. The van der Waals surface area contributed by atoms with Crippen LogP contribution in [-0.2, 0) is 12.8 Å². The highest BCUT2D eigenvalue weighted by Crippen LogP contribution is 2.35. The lowest BCUT2D eigenvalue weighted by atomic mass is 10.0. The number of phenolic OH excluding ortho intramolecular Hbond substituents is 1. The van der Waals surface area contributed by atoms with Crippen LogP contribution in [0.5, 0.6) is 17.2 Å². The molecule has 0 heterocycles. The summed E-state index contributed by atoms with van der Waals surface area (Å²) < 4.78 is 10.6. The van der Waals surface area contributed by atoms with Gasteiger partial charge in [-0.3, -0.25) is 0 Å². The lowest BCUT2D eigenvalue weighted by Gasteiger charge is -2.12. The predicted molar refractivity (Wildman–Crippen MR) is 97.3 cm³/mol. The van der Waals surface area contributed by atoms with Crippen LogP contribution in [0.25, 0.3) is 4.85 Å². The van der Waals surface area contributed by atoms with Crippen LogP contribution in [0.1, 0.15) is 31.4 Å². The monoisotopic (exact) mass is 327 g/mol. The molecule has 0 atom stereocenters. The molecule has 1 N–H and O–H groups in total. The Morgan fingerprint density at radius 1 is 0.958 bits per heavy atom. The van der Waals surface area contributed by atoms with Crippen molar-refractivity contribution in [2.45, 2.75) is 33.1 Å². The first-order chi connectivity index (χ1) is 11.2. The van der Waals surface area contributed by atoms with E-state index in [-0.39, 0.29) is 7.43 Å². The molecule has 128 valence electrons. The third-order valence-corrected chi connectivity index (χ3v) is 3.84. The fourth-order valence-corrected chi connectivity index (χ4v) is 2.58. The quantitative estimate of drug-likeness (QED) is 0.564. The van der Waals surface area contributed by atoms with E-state index >= 15 is 0 Å². The molecule has 0 amide bonds. The molecular weight excluding hydrogens is 302 g/mol. The topological polar surface area (TPSA) is 43.0 Å². The van der Waals surface area contributed by atoms with Crippen molar-refractivity contribution in [1.82, 2.24) is 0 Å². The van der Waals surface area contributed by atoms with E-state index in [1.54, 1.807) is 26.4 Å². The molecule has 0 saturated carbocycles. The number of hydrogen-bond acceptors (Lipinski definition) is 3. The third kappa shape index (κ3) is 4.66. The number of para-hydroxylation sites is 1. The van der Waals surface area contributed by atoms with E-state index in [9.17, 15) is 5.11 Å². The maximum Gasteiger partial charge on any atom is 0.231 e. The normalized spacial score (nSPS) is 9.71. The summed E-state index contributed by atoms with van der Waals surface area (Å²) in [5.41, 5.74) is 2.47. The van der Waals surface area contributed by atoms with Gasteiger partial charge in [-0.1, -0.05) is 25.6 Å². The second-order valence-corrected chi connectivity index (χ2v) is 5.28. The Labute approximate surface area is 144 Å². The van der Waals surface area contributed by atoms with E-state index in [4.69, 9.17) is 16.0 Å². The number of phenols is 1. The van der Waals surface area contributed by atoms with Crippen molar-refractivity contribution in [3.05, 3.63) is 58.9 Å².